The molecule has 0 radical (unpaired) electrons. The highest BCUT2D eigenvalue weighted by atomic mass is 35.5. The molecule has 0 bridgehead atoms. The number of hydrogen-bond donors (Lipinski definition) is 2. The van der Waals surface area contributed by atoms with Gasteiger partial charge >= 0.3 is 0 Å². The summed E-state index contributed by atoms with van der Waals surface area (Å²) in [6.45, 7) is 3.81. The monoisotopic (exact) mass is 375 g/mol. The molecule has 0 atom stereocenters. The second-order valence-corrected chi connectivity index (χ2v) is 7.04. The summed E-state index contributed by atoms with van der Waals surface area (Å²) in [6, 6.07) is 9.92. The van der Waals surface area contributed by atoms with Crippen molar-refractivity contribution in [2.24, 2.45) is 0 Å². The zero-order chi connectivity index (χ0) is 18.1. The van der Waals surface area contributed by atoms with E-state index < -0.39 is 5.82 Å². The van der Waals surface area contributed by atoms with Crippen molar-refractivity contribution in [1.29, 1.82) is 0 Å². The van der Waals surface area contributed by atoms with Crippen molar-refractivity contribution in [3.05, 3.63) is 68.8 Å². The number of anilines is 3. The van der Waals surface area contributed by atoms with E-state index in [1.807, 2.05) is 32.0 Å². The lowest BCUT2D eigenvalue weighted by molar-refractivity contribution is 0.104. The molecule has 4 nitrogen and oxygen atoms in total. The number of carbonyl (C=O) groups is 1. The van der Waals surface area contributed by atoms with E-state index >= 15 is 0 Å². The third-order valence-electron chi connectivity index (χ3n) is 3.67. The fraction of sp³-hybridized carbons (Fsp3) is 0.111. The van der Waals surface area contributed by atoms with Crippen LogP contribution in [-0.2, 0) is 0 Å². The van der Waals surface area contributed by atoms with E-state index in [2.05, 4.69) is 10.3 Å². The van der Waals surface area contributed by atoms with E-state index in [-0.39, 0.29) is 16.6 Å². The van der Waals surface area contributed by atoms with Crippen molar-refractivity contribution in [2.45, 2.75) is 13.8 Å². The summed E-state index contributed by atoms with van der Waals surface area (Å²) in [5, 5.41) is 3.43. The van der Waals surface area contributed by atoms with Crippen LogP contribution in [0.4, 0.5) is 21.0 Å². The smallest absolute Gasteiger partial charge is 0.207 e. The van der Waals surface area contributed by atoms with E-state index in [1.165, 1.54) is 18.2 Å². The maximum Gasteiger partial charge on any atom is 0.207 e. The highest BCUT2D eigenvalue weighted by Crippen LogP contribution is 2.31. The Hall–Kier alpha value is -2.44. The van der Waals surface area contributed by atoms with Gasteiger partial charge in [0.2, 0.25) is 5.78 Å². The van der Waals surface area contributed by atoms with Crippen LogP contribution in [-0.4, -0.2) is 10.8 Å². The Morgan fingerprint density at radius 1 is 1.24 bits per heavy atom. The Bertz CT molecular complexity index is 971. The second kappa shape index (κ2) is 6.82. The number of nitrogen functional groups attached to an aromatic ring is 1. The van der Waals surface area contributed by atoms with Gasteiger partial charge in [-0.3, -0.25) is 4.79 Å². The molecule has 0 saturated carbocycles. The van der Waals surface area contributed by atoms with Crippen LogP contribution in [0.15, 0.2) is 36.4 Å². The first kappa shape index (κ1) is 17.4. The van der Waals surface area contributed by atoms with Gasteiger partial charge in [0.25, 0.3) is 0 Å². The number of aromatic nitrogens is 1. The van der Waals surface area contributed by atoms with Crippen LogP contribution in [0, 0.1) is 19.7 Å². The number of halogens is 2. The van der Waals surface area contributed by atoms with Crippen LogP contribution in [0.5, 0.6) is 0 Å². The SMILES string of the molecule is Cc1ccc(C)c(C(=O)c2sc(Nc3ccc(F)c(Cl)c3)nc2N)c1. The molecule has 0 aliphatic carbocycles. The molecule has 25 heavy (non-hydrogen) atoms. The summed E-state index contributed by atoms with van der Waals surface area (Å²) in [5.74, 6) is -0.510. The fourth-order valence-electron chi connectivity index (χ4n) is 2.35. The minimum Gasteiger partial charge on any atom is -0.382 e. The average Bonchev–Trinajstić information content (AvgIpc) is 2.93. The summed E-state index contributed by atoms with van der Waals surface area (Å²) >= 11 is 6.92. The predicted octanol–water partition coefficient (Wildman–Crippen LogP) is 5.11. The standard InChI is InChI=1S/C18H15ClFN3OS/c1-9-3-4-10(2)12(7-9)15(24)16-17(21)23-18(25-16)22-11-5-6-14(20)13(19)8-11/h3-8H,21H2,1-2H3,(H,22,23). The van der Waals surface area contributed by atoms with E-state index in [0.717, 1.165) is 22.5 Å². The van der Waals surface area contributed by atoms with Crippen LogP contribution in [0.3, 0.4) is 0 Å². The summed E-state index contributed by atoms with van der Waals surface area (Å²) in [6.07, 6.45) is 0. The van der Waals surface area contributed by atoms with E-state index in [9.17, 15) is 9.18 Å². The lowest BCUT2D eigenvalue weighted by atomic mass is 10.0. The highest BCUT2D eigenvalue weighted by Gasteiger charge is 2.20. The average molecular weight is 376 g/mol. The minimum absolute atomic E-state index is 0.00112. The van der Waals surface area contributed by atoms with Crippen LogP contribution < -0.4 is 11.1 Å². The third-order valence-corrected chi connectivity index (χ3v) is 4.94. The molecule has 0 spiro atoms. The molecular weight excluding hydrogens is 361 g/mol. The van der Waals surface area contributed by atoms with Crippen LogP contribution in [0.25, 0.3) is 0 Å². The van der Waals surface area contributed by atoms with E-state index in [4.69, 9.17) is 17.3 Å². The van der Waals surface area contributed by atoms with Gasteiger partial charge in [-0.15, -0.1) is 0 Å². The van der Waals surface area contributed by atoms with Crippen molar-refractivity contribution in [2.75, 3.05) is 11.1 Å². The van der Waals surface area contributed by atoms with Crippen molar-refractivity contribution in [3.63, 3.8) is 0 Å². The summed E-state index contributed by atoms with van der Waals surface area (Å²) in [4.78, 5) is 17.3. The zero-order valence-corrected chi connectivity index (χ0v) is 15.1. The maximum absolute atomic E-state index is 13.2. The summed E-state index contributed by atoms with van der Waals surface area (Å²) in [5.41, 5.74) is 8.97. The summed E-state index contributed by atoms with van der Waals surface area (Å²) < 4.78 is 13.2. The number of rotatable bonds is 4. The molecule has 1 aromatic heterocycles. The Balaban J connectivity index is 1.90. The normalized spacial score (nSPS) is 10.7. The van der Waals surface area contributed by atoms with Crippen molar-refractivity contribution in [3.8, 4) is 0 Å². The molecular formula is C18H15ClFN3OS. The zero-order valence-electron chi connectivity index (χ0n) is 13.6. The quantitative estimate of drug-likeness (QED) is 0.622. The molecule has 0 aliphatic heterocycles. The molecule has 0 saturated heterocycles. The fourth-order valence-corrected chi connectivity index (χ4v) is 3.39. The Morgan fingerprint density at radius 3 is 2.72 bits per heavy atom. The van der Waals surface area contributed by atoms with Gasteiger partial charge in [-0.1, -0.05) is 40.6 Å². The predicted molar refractivity (Wildman–Crippen MR) is 101 cm³/mol. The Morgan fingerprint density at radius 2 is 2.00 bits per heavy atom. The molecule has 7 heteroatoms. The topological polar surface area (TPSA) is 68.0 Å². The van der Waals surface area contributed by atoms with Gasteiger partial charge in [0.15, 0.2) is 5.13 Å². The van der Waals surface area contributed by atoms with Gasteiger partial charge < -0.3 is 11.1 Å². The summed E-state index contributed by atoms with van der Waals surface area (Å²) in [7, 11) is 0. The largest absolute Gasteiger partial charge is 0.382 e. The minimum atomic E-state index is -0.503. The van der Waals surface area contributed by atoms with Crippen LogP contribution in [0.2, 0.25) is 5.02 Å². The first-order chi connectivity index (χ1) is 11.8. The van der Waals surface area contributed by atoms with Crippen LogP contribution >= 0.6 is 22.9 Å². The first-order valence-corrected chi connectivity index (χ1v) is 8.65. The second-order valence-electron chi connectivity index (χ2n) is 5.63. The molecule has 0 aliphatic rings. The van der Waals surface area contributed by atoms with Crippen molar-refractivity contribution in [1.82, 2.24) is 4.98 Å². The first-order valence-electron chi connectivity index (χ1n) is 7.45. The van der Waals surface area contributed by atoms with Gasteiger partial charge in [0.05, 0.1) is 5.02 Å². The van der Waals surface area contributed by atoms with Gasteiger partial charge in [0, 0.05) is 11.3 Å². The molecule has 3 N–H and O–H groups in total. The molecule has 3 aromatic rings. The molecule has 0 amide bonds. The number of carbonyl (C=O) groups excluding carboxylic acids is 1. The molecule has 0 unspecified atom stereocenters. The Kier molecular flexibility index (Phi) is 4.74. The molecule has 0 fully saturated rings. The number of hydrogen-bond acceptors (Lipinski definition) is 5. The van der Waals surface area contributed by atoms with Gasteiger partial charge in [-0.2, -0.15) is 0 Å². The van der Waals surface area contributed by atoms with E-state index in [1.54, 1.807) is 0 Å². The van der Waals surface area contributed by atoms with Gasteiger partial charge in [-0.05, 0) is 43.7 Å². The number of nitrogens with zero attached hydrogens (tertiary/aromatic N) is 1. The van der Waals surface area contributed by atoms with Gasteiger partial charge in [-0.25, -0.2) is 9.37 Å². The lowest BCUT2D eigenvalue weighted by Crippen LogP contribution is -2.05. The number of nitrogens with two attached hydrogens (primary N) is 1. The molecule has 1 heterocycles. The third kappa shape index (κ3) is 3.65. The number of nitrogens with one attached hydrogen (secondary N) is 1. The van der Waals surface area contributed by atoms with Crippen molar-refractivity contribution >= 4 is 45.4 Å². The Labute approximate surface area is 153 Å². The maximum atomic E-state index is 13.2. The molecule has 2 aromatic carbocycles. The van der Waals surface area contributed by atoms with Crippen molar-refractivity contribution < 1.29 is 9.18 Å². The number of thiazole rings is 1. The van der Waals surface area contributed by atoms with Crippen LogP contribution in [0.1, 0.15) is 26.4 Å². The molecule has 3 rings (SSSR count). The lowest BCUT2D eigenvalue weighted by Gasteiger charge is -2.05. The number of aryl methyl sites for hydroxylation is 2. The number of ketones is 1. The highest BCUT2D eigenvalue weighted by molar-refractivity contribution is 7.18. The van der Waals surface area contributed by atoms with Gasteiger partial charge in [0.1, 0.15) is 16.5 Å². The van der Waals surface area contributed by atoms with E-state index in [0.29, 0.717) is 21.3 Å². The molecule has 128 valence electrons. The number of benzene rings is 2.